The number of thiazole rings is 1. The highest BCUT2D eigenvalue weighted by Gasteiger charge is 2.10. The first-order chi connectivity index (χ1) is 9.61. The smallest absolute Gasteiger partial charge is 0.306 e. The second kappa shape index (κ2) is 5.26. The van der Waals surface area contributed by atoms with Gasteiger partial charge in [0.15, 0.2) is 10.1 Å². The number of aromatic amines is 2. The summed E-state index contributed by atoms with van der Waals surface area (Å²) in [6.45, 7) is 1.93. The molecule has 0 atom stereocenters. The molecule has 0 saturated carbocycles. The molecule has 102 valence electrons. The van der Waals surface area contributed by atoms with E-state index < -0.39 is 0 Å². The van der Waals surface area contributed by atoms with Crippen LogP contribution in [0.3, 0.4) is 0 Å². The van der Waals surface area contributed by atoms with E-state index in [9.17, 15) is 9.59 Å². The van der Waals surface area contributed by atoms with Crippen molar-refractivity contribution in [2.24, 2.45) is 0 Å². The summed E-state index contributed by atoms with van der Waals surface area (Å²) >= 11 is 2.97. The number of rotatable bonds is 4. The molecule has 2 heterocycles. The number of ketones is 1. The van der Waals surface area contributed by atoms with Crippen LogP contribution in [0, 0.1) is 6.92 Å². The van der Waals surface area contributed by atoms with Crippen molar-refractivity contribution in [2.45, 2.75) is 11.3 Å². The zero-order valence-electron chi connectivity index (χ0n) is 10.6. The average Bonchev–Trinajstić information content (AvgIpc) is 2.99. The van der Waals surface area contributed by atoms with Crippen LogP contribution in [0.1, 0.15) is 16.1 Å². The van der Waals surface area contributed by atoms with E-state index >= 15 is 0 Å². The number of aromatic nitrogens is 3. The number of fused-ring (bicyclic) bond motifs is 1. The Labute approximate surface area is 122 Å². The van der Waals surface area contributed by atoms with E-state index in [1.165, 1.54) is 23.1 Å². The predicted molar refractivity (Wildman–Crippen MR) is 80.8 cm³/mol. The summed E-state index contributed by atoms with van der Waals surface area (Å²) in [5.74, 6) is 0.361. The van der Waals surface area contributed by atoms with Crippen LogP contribution in [-0.2, 0) is 0 Å². The van der Waals surface area contributed by atoms with Gasteiger partial charge in [-0.2, -0.15) is 0 Å². The lowest BCUT2D eigenvalue weighted by atomic mass is 10.1. The van der Waals surface area contributed by atoms with Crippen LogP contribution in [0.25, 0.3) is 11.0 Å². The zero-order chi connectivity index (χ0) is 14.1. The highest BCUT2D eigenvalue weighted by molar-refractivity contribution is 8.01. The summed E-state index contributed by atoms with van der Waals surface area (Å²) in [5.41, 5.74) is 2.65. The van der Waals surface area contributed by atoms with Gasteiger partial charge in [-0.05, 0) is 25.1 Å². The molecule has 20 heavy (non-hydrogen) atoms. The average molecular weight is 305 g/mol. The Kier molecular flexibility index (Phi) is 3.45. The molecule has 2 aromatic heterocycles. The van der Waals surface area contributed by atoms with Gasteiger partial charge >= 0.3 is 5.69 Å². The van der Waals surface area contributed by atoms with Crippen LogP contribution in [0.15, 0.2) is 32.7 Å². The first kappa shape index (κ1) is 13.1. The lowest BCUT2D eigenvalue weighted by Gasteiger charge is -1.99. The van der Waals surface area contributed by atoms with Crippen molar-refractivity contribution in [1.29, 1.82) is 0 Å². The molecule has 0 radical (unpaired) electrons. The first-order valence-electron chi connectivity index (χ1n) is 5.92. The molecular weight excluding hydrogens is 294 g/mol. The van der Waals surface area contributed by atoms with E-state index in [2.05, 4.69) is 15.0 Å². The Hall–Kier alpha value is -1.86. The Bertz CT molecular complexity index is 831. The van der Waals surface area contributed by atoms with E-state index in [0.29, 0.717) is 22.3 Å². The van der Waals surface area contributed by atoms with Gasteiger partial charge in [0.2, 0.25) is 0 Å². The lowest BCUT2D eigenvalue weighted by molar-refractivity contribution is 0.102. The van der Waals surface area contributed by atoms with E-state index in [1.54, 1.807) is 18.2 Å². The minimum atomic E-state index is -0.266. The predicted octanol–water partition coefficient (Wildman–Crippen LogP) is 2.60. The van der Waals surface area contributed by atoms with Gasteiger partial charge in [-0.15, -0.1) is 11.3 Å². The highest BCUT2D eigenvalue weighted by atomic mass is 32.2. The molecule has 0 aliphatic heterocycles. The minimum Gasteiger partial charge on any atom is -0.306 e. The third kappa shape index (κ3) is 2.68. The van der Waals surface area contributed by atoms with Crippen LogP contribution in [0.5, 0.6) is 0 Å². The summed E-state index contributed by atoms with van der Waals surface area (Å²) in [4.78, 5) is 32.9. The Morgan fingerprint density at radius 3 is 2.90 bits per heavy atom. The molecule has 3 rings (SSSR count). The fourth-order valence-corrected chi connectivity index (χ4v) is 3.56. The number of nitrogens with one attached hydrogen (secondary N) is 2. The molecule has 0 aliphatic rings. The van der Waals surface area contributed by atoms with Crippen LogP contribution < -0.4 is 5.69 Å². The maximum Gasteiger partial charge on any atom is 0.323 e. The molecule has 3 aromatic rings. The monoisotopic (exact) mass is 305 g/mol. The van der Waals surface area contributed by atoms with Crippen LogP contribution >= 0.6 is 23.1 Å². The molecule has 0 bridgehead atoms. The number of Topliss-reactive ketones (excluding diaryl/α,β-unsaturated/α-hetero) is 1. The number of hydrogen-bond donors (Lipinski definition) is 2. The van der Waals surface area contributed by atoms with Crippen molar-refractivity contribution in [2.75, 3.05) is 5.75 Å². The van der Waals surface area contributed by atoms with Crippen molar-refractivity contribution in [3.63, 3.8) is 0 Å². The number of nitrogens with zero attached hydrogens (tertiary/aromatic N) is 1. The molecule has 0 aliphatic carbocycles. The molecule has 0 amide bonds. The van der Waals surface area contributed by atoms with E-state index in [4.69, 9.17) is 0 Å². The van der Waals surface area contributed by atoms with Crippen molar-refractivity contribution >= 4 is 39.9 Å². The standard InChI is InChI=1S/C13H11N3O2S2/c1-7-5-19-13(14-7)20-6-11(17)8-2-3-9-10(4-8)16-12(18)15-9/h2-5H,6H2,1H3,(H2,15,16,18). The molecule has 5 nitrogen and oxygen atoms in total. The number of carbonyl (C=O) groups is 1. The minimum absolute atomic E-state index is 0.0202. The van der Waals surface area contributed by atoms with Crippen molar-refractivity contribution in [3.05, 3.63) is 45.3 Å². The number of aryl methyl sites for hydroxylation is 1. The van der Waals surface area contributed by atoms with E-state index in [1.807, 2.05) is 12.3 Å². The molecule has 0 fully saturated rings. The molecule has 0 unspecified atom stereocenters. The fourth-order valence-electron chi connectivity index (χ4n) is 1.82. The zero-order valence-corrected chi connectivity index (χ0v) is 12.2. The topological polar surface area (TPSA) is 78.6 Å². The number of thioether (sulfide) groups is 1. The number of hydrogen-bond acceptors (Lipinski definition) is 5. The Morgan fingerprint density at radius 2 is 2.15 bits per heavy atom. The van der Waals surface area contributed by atoms with Crippen molar-refractivity contribution in [3.8, 4) is 0 Å². The van der Waals surface area contributed by atoms with Gasteiger partial charge in [0.25, 0.3) is 0 Å². The van der Waals surface area contributed by atoms with Gasteiger partial charge in [-0.25, -0.2) is 9.78 Å². The summed E-state index contributed by atoms with van der Waals surface area (Å²) in [6.07, 6.45) is 0. The maximum atomic E-state index is 12.1. The summed E-state index contributed by atoms with van der Waals surface area (Å²) in [6, 6.07) is 5.16. The SMILES string of the molecule is Cc1csc(SCC(=O)c2ccc3[nH]c(=O)[nH]c3c2)n1. The third-order valence-electron chi connectivity index (χ3n) is 2.76. The summed E-state index contributed by atoms with van der Waals surface area (Å²) in [7, 11) is 0. The van der Waals surface area contributed by atoms with Gasteiger partial charge < -0.3 is 9.97 Å². The molecule has 2 N–H and O–H groups in total. The summed E-state index contributed by atoms with van der Waals surface area (Å²) < 4.78 is 0.895. The second-order valence-electron chi connectivity index (χ2n) is 4.31. The third-order valence-corrected chi connectivity index (χ3v) is 4.90. The van der Waals surface area contributed by atoms with Crippen LogP contribution in [-0.4, -0.2) is 26.5 Å². The number of carbonyl (C=O) groups excluding carboxylic acids is 1. The summed E-state index contributed by atoms with van der Waals surface area (Å²) in [5, 5.41) is 1.96. The number of imidazole rings is 1. The Morgan fingerprint density at radius 1 is 1.35 bits per heavy atom. The van der Waals surface area contributed by atoms with E-state index in [-0.39, 0.29) is 11.5 Å². The van der Waals surface area contributed by atoms with Gasteiger partial charge in [0.1, 0.15) is 0 Å². The van der Waals surface area contributed by atoms with E-state index in [0.717, 1.165) is 10.0 Å². The van der Waals surface area contributed by atoms with Crippen LogP contribution in [0.2, 0.25) is 0 Å². The number of benzene rings is 1. The Balaban J connectivity index is 1.76. The molecule has 0 spiro atoms. The molecular formula is C13H11N3O2S2. The number of H-pyrrole nitrogens is 2. The van der Waals surface area contributed by atoms with Gasteiger partial charge in [0.05, 0.1) is 16.8 Å². The van der Waals surface area contributed by atoms with Gasteiger partial charge in [-0.3, -0.25) is 4.79 Å². The van der Waals surface area contributed by atoms with Gasteiger partial charge in [-0.1, -0.05) is 11.8 Å². The first-order valence-corrected chi connectivity index (χ1v) is 7.78. The normalized spacial score (nSPS) is 11.1. The van der Waals surface area contributed by atoms with Gasteiger partial charge in [0, 0.05) is 16.6 Å². The maximum absolute atomic E-state index is 12.1. The van der Waals surface area contributed by atoms with Crippen molar-refractivity contribution < 1.29 is 4.79 Å². The molecule has 1 aromatic carbocycles. The van der Waals surface area contributed by atoms with Crippen LogP contribution in [0.4, 0.5) is 0 Å². The largest absolute Gasteiger partial charge is 0.323 e. The molecule has 7 heteroatoms. The lowest BCUT2D eigenvalue weighted by Crippen LogP contribution is -2.02. The highest BCUT2D eigenvalue weighted by Crippen LogP contribution is 2.23. The van der Waals surface area contributed by atoms with Crippen molar-refractivity contribution in [1.82, 2.24) is 15.0 Å². The second-order valence-corrected chi connectivity index (χ2v) is 6.39. The molecule has 0 saturated heterocycles. The fraction of sp³-hybridized carbons (Fsp3) is 0.154. The quantitative estimate of drug-likeness (QED) is 0.573.